The summed E-state index contributed by atoms with van der Waals surface area (Å²) in [7, 11) is -3.91. The van der Waals surface area contributed by atoms with Crippen LogP contribution in [0.15, 0.2) is 83.8 Å². The normalized spacial score (nSPS) is 11.5. The van der Waals surface area contributed by atoms with Crippen molar-refractivity contribution in [2.45, 2.75) is 37.6 Å². The van der Waals surface area contributed by atoms with E-state index < -0.39 is 15.9 Å². The molecule has 0 spiro atoms. The molecule has 0 fully saturated rings. The highest BCUT2D eigenvalue weighted by atomic mass is 35.5. The minimum Gasteiger partial charge on any atom is -0.325 e. The van der Waals surface area contributed by atoms with E-state index in [4.69, 9.17) is 11.6 Å². The highest BCUT2D eigenvalue weighted by Gasteiger charge is 2.27. The summed E-state index contributed by atoms with van der Waals surface area (Å²) < 4.78 is 27.7. The largest absolute Gasteiger partial charge is 0.325 e. The highest BCUT2D eigenvalue weighted by molar-refractivity contribution is 7.89. The number of nitrogens with one attached hydrogen (secondary N) is 1. The Kier molecular flexibility index (Phi) is 8.45. The van der Waals surface area contributed by atoms with Gasteiger partial charge >= 0.3 is 0 Å². The van der Waals surface area contributed by atoms with Crippen molar-refractivity contribution in [3.8, 4) is 0 Å². The second-order valence-electron chi connectivity index (χ2n) is 7.56. The van der Waals surface area contributed by atoms with Crippen LogP contribution in [0, 0.1) is 0 Å². The second-order valence-corrected chi connectivity index (χ2v) is 9.94. The average Bonchev–Trinajstić information content (AvgIpc) is 2.79. The van der Waals surface area contributed by atoms with Gasteiger partial charge in [0.15, 0.2) is 0 Å². The fraction of sp³-hybridized carbons (Fsp3) is 0.240. The molecule has 168 valence electrons. The zero-order chi connectivity index (χ0) is 23.0. The molecule has 0 bridgehead atoms. The third-order valence-electron chi connectivity index (χ3n) is 5.03. The molecule has 0 atom stereocenters. The van der Waals surface area contributed by atoms with Gasteiger partial charge in [-0.25, -0.2) is 8.42 Å². The van der Waals surface area contributed by atoms with Gasteiger partial charge in [-0.15, -0.1) is 0 Å². The van der Waals surface area contributed by atoms with Gasteiger partial charge in [0.2, 0.25) is 15.9 Å². The molecule has 0 saturated heterocycles. The number of amides is 1. The first-order valence-corrected chi connectivity index (χ1v) is 12.4. The number of benzene rings is 3. The Balaban J connectivity index is 1.77. The van der Waals surface area contributed by atoms with E-state index in [0.29, 0.717) is 10.7 Å². The van der Waals surface area contributed by atoms with Gasteiger partial charge in [0.1, 0.15) is 0 Å². The maximum atomic E-state index is 13.3. The maximum Gasteiger partial charge on any atom is 0.243 e. The van der Waals surface area contributed by atoms with Gasteiger partial charge in [0.05, 0.1) is 11.4 Å². The molecule has 1 amide bonds. The van der Waals surface area contributed by atoms with Crippen molar-refractivity contribution < 1.29 is 13.2 Å². The number of aryl methyl sites for hydroxylation is 1. The van der Waals surface area contributed by atoms with Crippen LogP contribution >= 0.6 is 11.6 Å². The van der Waals surface area contributed by atoms with E-state index in [1.165, 1.54) is 34.1 Å². The van der Waals surface area contributed by atoms with Gasteiger partial charge < -0.3 is 5.32 Å². The van der Waals surface area contributed by atoms with E-state index >= 15 is 0 Å². The Morgan fingerprint density at radius 3 is 2.19 bits per heavy atom. The topological polar surface area (TPSA) is 66.5 Å². The zero-order valence-electron chi connectivity index (χ0n) is 18.0. The smallest absolute Gasteiger partial charge is 0.243 e. The third-order valence-corrected chi connectivity index (χ3v) is 7.09. The van der Waals surface area contributed by atoms with Crippen LogP contribution in [0.25, 0.3) is 0 Å². The average molecular weight is 471 g/mol. The van der Waals surface area contributed by atoms with Crippen LogP contribution in [0.3, 0.4) is 0 Å². The predicted molar refractivity (Wildman–Crippen MR) is 129 cm³/mol. The summed E-state index contributed by atoms with van der Waals surface area (Å²) >= 11 is 5.91. The molecular formula is C25H27ClN2O3S. The maximum absolute atomic E-state index is 13.3. The van der Waals surface area contributed by atoms with Crippen LogP contribution in [0.4, 0.5) is 5.69 Å². The number of sulfonamides is 1. The number of carbonyl (C=O) groups is 1. The lowest BCUT2D eigenvalue weighted by Crippen LogP contribution is -2.37. The molecule has 3 aromatic carbocycles. The molecule has 0 aromatic heterocycles. The van der Waals surface area contributed by atoms with E-state index in [9.17, 15) is 13.2 Å². The van der Waals surface area contributed by atoms with Crippen molar-refractivity contribution in [2.24, 2.45) is 0 Å². The number of hydrogen-bond donors (Lipinski definition) is 1. The van der Waals surface area contributed by atoms with Crippen LogP contribution < -0.4 is 5.32 Å². The van der Waals surface area contributed by atoms with Crippen molar-refractivity contribution >= 4 is 33.2 Å². The van der Waals surface area contributed by atoms with Crippen molar-refractivity contribution in [3.05, 3.63) is 95.0 Å². The third kappa shape index (κ3) is 6.66. The number of carbonyl (C=O) groups excluding carboxylic acids is 1. The van der Waals surface area contributed by atoms with E-state index in [-0.39, 0.29) is 18.0 Å². The Hall–Kier alpha value is -2.67. The number of unbranched alkanes of at least 4 members (excludes halogenated alkanes) is 1. The monoisotopic (exact) mass is 470 g/mol. The number of anilines is 1. The quantitative estimate of drug-likeness (QED) is 0.424. The Bertz CT molecular complexity index is 1120. The minimum atomic E-state index is -3.91. The Morgan fingerprint density at radius 2 is 1.56 bits per heavy atom. The van der Waals surface area contributed by atoms with Gasteiger partial charge in [0.25, 0.3) is 0 Å². The summed E-state index contributed by atoms with van der Waals surface area (Å²) in [6.07, 6.45) is 3.23. The summed E-state index contributed by atoms with van der Waals surface area (Å²) in [5, 5.41) is 3.25. The lowest BCUT2D eigenvalue weighted by molar-refractivity contribution is -0.116. The second kappa shape index (κ2) is 11.3. The van der Waals surface area contributed by atoms with Gasteiger partial charge in [-0.3, -0.25) is 4.79 Å². The molecule has 5 nitrogen and oxygen atoms in total. The van der Waals surface area contributed by atoms with Crippen LogP contribution in [-0.2, 0) is 27.8 Å². The van der Waals surface area contributed by atoms with Crippen LogP contribution in [0.1, 0.15) is 30.9 Å². The van der Waals surface area contributed by atoms with E-state index in [1.807, 2.05) is 54.6 Å². The molecule has 0 heterocycles. The Morgan fingerprint density at radius 1 is 0.906 bits per heavy atom. The minimum absolute atomic E-state index is 0.0785. The molecule has 0 aliphatic heterocycles. The molecule has 0 radical (unpaired) electrons. The fourth-order valence-electron chi connectivity index (χ4n) is 3.26. The first-order valence-electron chi connectivity index (χ1n) is 10.6. The summed E-state index contributed by atoms with van der Waals surface area (Å²) in [6.45, 7) is 1.92. The molecular weight excluding hydrogens is 444 g/mol. The number of halogens is 1. The van der Waals surface area contributed by atoms with Gasteiger partial charge in [-0.05, 0) is 60.4 Å². The molecule has 3 rings (SSSR count). The summed E-state index contributed by atoms with van der Waals surface area (Å²) in [5.41, 5.74) is 2.64. The fourth-order valence-corrected chi connectivity index (χ4v) is 4.78. The van der Waals surface area contributed by atoms with Crippen molar-refractivity contribution in [1.82, 2.24) is 4.31 Å². The van der Waals surface area contributed by atoms with Crippen molar-refractivity contribution in [3.63, 3.8) is 0 Å². The van der Waals surface area contributed by atoms with E-state index in [1.54, 1.807) is 0 Å². The lowest BCUT2D eigenvalue weighted by atomic mass is 10.1. The number of hydrogen-bond acceptors (Lipinski definition) is 3. The van der Waals surface area contributed by atoms with Gasteiger partial charge in [-0.1, -0.05) is 67.4 Å². The molecule has 7 heteroatoms. The highest BCUT2D eigenvalue weighted by Crippen LogP contribution is 2.21. The molecule has 0 aliphatic rings. The van der Waals surface area contributed by atoms with Crippen LogP contribution in [-0.4, -0.2) is 25.2 Å². The van der Waals surface area contributed by atoms with Crippen molar-refractivity contribution in [2.75, 3.05) is 11.9 Å². The molecule has 32 heavy (non-hydrogen) atoms. The van der Waals surface area contributed by atoms with Crippen molar-refractivity contribution in [1.29, 1.82) is 0 Å². The molecule has 0 saturated carbocycles. The molecule has 0 aliphatic carbocycles. The van der Waals surface area contributed by atoms with Gasteiger partial charge in [0, 0.05) is 17.3 Å². The molecule has 3 aromatic rings. The molecule has 0 unspecified atom stereocenters. The van der Waals surface area contributed by atoms with Crippen LogP contribution in [0.2, 0.25) is 5.02 Å². The standard InChI is InChI=1S/C25H27ClN2O3S/c1-2-3-7-20-10-14-23(15-11-20)27-25(29)19-28(18-21-8-5-4-6-9-21)32(30,31)24-16-12-22(26)13-17-24/h4-6,8-17H,2-3,7,18-19H2,1H3,(H,27,29). The SMILES string of the molecule is CCCCc1ccc(NC(=O)CN(Cc2ccccc2)S(=O)(=O)c2ccc(Cl)cc2)cc1. The lowest BCUT2D eigenvalue weighted by Gasteiger charge is -2.22. The van der Waals surface area contributed by atoms with Crippen LogP contribution in [0.5, 0.6) is 0 Å². The summed E-state index contributed by atoms with van der Waals surface area (Å²) in [4.78, 5) is 12.9. The number of rotatable bonds is 10. The summed E-state index contributed by atoms with van der Waals surface area (Å²) in [5.74, 6) is -0.403. The molecule has 1 N–H and O–H groups in total. The first kappa shape index (κ1) is 24.0. The van der Waals surface area contributed by atoms with Gasteiger partial charge in [-0.2, -0.15) is 4.31 Å². The number of nitrogens with zero attached hydrogens (tertiary/aromatic N) is 1. The predicted octanol–water partition coefficient (Wildman–Crippen LogP) is 5.51. The summed E-state index contributed by atoms with van der Waals surface area (Å²) in [6, 6.07) is 22.8. The van der Waals surface area contributed by atoms with E-state index in [2.05, 4.69) is 12.2 Å². The van der Waals surface area contributed by atoms with E-state index in [0.717, 1.165) is 24.8 Å². The zero-order valence-corrected chi connectivity index (χ0v) is 19.6. The Labute approximate surface area is 195 Å². The first-order chi connectivity index (χ1) is 15.4.